The number of ether oxygens (including phenoxy) is 1. The predicted molar refractivity (Wildman–Crippen MR) is 242 cm³/mol. The maximum atomic E-state index is 7.11. The zero-order valence-corrected chi connectivity index (χ0v) is 32.8. The van der Waals surface area contributed by atoms with Crippen LogP contribution in [0.4, 0.5) is 34.1 Å². The van der Waals surface area contributed by atoms with Crippen LogP contribution in [0.5, 0.6) is 11.5 Å². The number of benzene rings is 9. The molecule has 2 aliphatic heterocycles. The van der Waals surface area contributed by atoms with E-state index < -0.39 is 5.41 Å². The van der Waals surface area contributed by atoms with E-state index in [1.165, 1.54) is 72.1 Å². The maximum Gasteiger partial charge on any atom is 0.153 e. The molecule has 9 aromatic rings. The van der Waals surface area contributed by atoms with Gasteiger partial charge in [-0.25, -0.2) is 0 Å². The molecule has 0 atom stereocenters. The van der Waals surface area contributed by atoms with E-state index in [0.29, 0.717) is 0 Å². The molecule has 0 saturated heterocycles. The van der Waals surface area contributed by atoms with Crippen molar-refractivity contribution in [1.82, 2.24) is 0 Å². The number of rotatable bonds is 3. The number of anilines is 6. The molecule has 0 unspecified atom stereocenters. The second kappa shape index (κ2) is 11.6. The highest BCUT2D eigenvalue weighted by Gasteiger charge is 2.52. The van der Waals surface area contributed by atoms with Crippen LogP contribution in [0.25, 0.3) is 33.0 Å². The largest absolute Gasteiger partial charge is 0.453 e. The molecular weight excluding hydrogens is 717 g/mol. The number of fused-ring (bicyclic) bond motifs is 16. The van der Waals surface area contributed by atoms with Gasteiger partial charge in [-0.1, -0.05) is 159 Å². The fourth-order valence-corrected chi connectivity index (χ4v) is 11.1. The smallest absolute Gasteiger partial charge is 0.153 e. The summed E-state index contributed by atoms with van der Waals surface area (Å²) in [6.07, 6.45) is 0. The summed E-state index contributed by atoms with van der Waals surface area (Å²) < 4.78 is 7.11. The third-order valence-corrected chi connectivity index (χ3v) is 13.6. The van der Waals surface area contributed by atoms with Gasteiger partial charge in [0, 0.05) is 28.2 Å². The molecule has 2 heterocycles. The first-order chi connectivity index (χ1) is 29.0. The predicted octanol–water partition coefficient (Wildman–Crippen LogP) is 14.9. The summed E-state index contributed by atoms with van der Waals surface area (Å²) in [4.78, 5) is 4.90. The topological polar surface area (TPSA) is 15.7 Å². The van der Waals surface area contributed by atoms with Crippen molar-refractivity contribution in [3.63, 3.8) is 0 Å². The van der Waals surface area contributed by atoms with Crippen molar-refractivity contribution in [2.45, 2.75) is 24.7 Å². The van der Waals surface area contributed by atoms with E-state index in [0.717, 1.165) is 39.9 Å². The molecule has 3 nitrogen and oxygen atoms in total. The highest BCUT2D eigenvalue weighted by molar-refractivity contribution is 6.06. The summed E-state index contributed by atoms with van der Waals surface area (Å²) in [6.45, 7) is 4.72. The van der Waals surface area contributed by atoms with E-state index in [2.05, 4.69) is 218 Å². The fraction of sp³-hybridized carbons (Fsp3) is 0.0714. The van der Waals surface area contributed by atoms with Crippen molar-refractivity contribution in [2.75, 3.05) is 9.80 Å². The number of para-hydroxylation sites is 2. The molecule has 0 aromatic heterocycles. The third kappa shape index (κ3) is 4.16. The minimum atomic E-state index is -0.443. The van der Waals surface area contributed by atoms with Gasteiger partial charge in [0.1, 0.15) is 0 Å². The fourth-order valence-electron chi connectivity index (χ4n) is 11.1. The Morgan fingerprint density at radius 1 is 0.407 bits per heavy atom. The zero-order chi connectivity index (χ0) is 39.0. The molecule has 0 N–H and O–H groups in total. The summed E-state index contributed by atoms with van der Waals surface area (Å²) in [6, 6.07) is 71.6. The third-order valence-electron chi connectivity index (χ3n) is 13.6. The van der Waals surface area contributed by atoms with Crippen molar-refractivity contribution >= 4 is 44.9 Å². The van der Waals surface area contributed by atoms with Gasteiger partial charge in [0.15, 0.2) is 11.5 Å². The lowest BCUT2D eigenvalue weighted by molar-refractivity contribution is 0.472. The quantitative estimate of drug-likeness (QED) is 0.179. The average Bonchev–Trinajstić information content (AvgIpc) is 3.75. The first-order valence-corrected chi connectivity index (χ1v) is 20.6. The minimum absolute atomic E-state index is 0.318. The standard InChI is InChI=1S/C56H38N2O/c1-55(2)47-26-14-15-27-50(47)58-53-39-19-7-6-16-35(39)28-31-51(53)59-52-34-38(33-49(55)54(52)58)57(36-17-4-3-5-18-36)37-29-30-43-42-22-10-13-25-46(42)56(48(43)32-37)44-23-11-8-20-40(44)41-21-9-12-24-45(41)56/h3-34H,1-2H3. The van der Waals surface area contributed by atoms with Crippen molar-refractivity contribution in [3.8, 4) is 33.8 Å². The van der Waals surface area contributed by atoms with Crippen LogP contribution in [0.3, 0.4) is 0 Å². The Morgan fingerprint density at radius 2 is 0.983 bits per heavy atom. The van der Waals surface area contributed by atoms with Gasteiger partial charge in [-0.3, -0.25) is 0 Å². The molecule has 278 valence electrons. The molecule has 4 aliphatic rings. The van der Waals surface area contributed by atoms with Gasteiger partial charge >= 0.3 is 0 Å². The highest BCUT2D eigenvalue weighted by atomic mass is 16.5. The second-order valence-corrected chi connectivity index (χ2v) is 16.8. The Balaban J connectivity index is 1.08. The van der Waals surface area contributed by atoms with Gasteiger partial charge in [-0.15, -0.1) is 0 Å². The van der Waals surface area contributed by atoms with Crippen molar-refractivity contribution in [3.05, 3.63) is 228 Å². The normalized spacial score (nSPS) is 15.0. The van der Waals surface area contributed by atoms with Gasteiger partial charge in [0.2, 0.25) is 0 Å². The van der Waals surface area contributed by atoms with Crippen molar-refractivity contribution < 1.29 is 4.74 Å². The van der Waals surface area contributed by atoms with Crippen LogP contribution in [-0.4, -0.2) is 0 Å². The molecule has 13 rings (SSSR count). The Bertz CT molecular complexity index is 3190. The molecule has 0 bridgehead atoms. The summed E-state index contributed by atoms with van der Waals surface area (Å²) in [7, 11) is 0. The Hall–Kier alpha value is -7.36. The number of hydrogen-bond donors (Lipinski definition) is 0. The van der Waals surface area contributed by atoms with Crippen LogP contribution in [-0.2, 0) is 10.8 Å². The summed E-state index contributed by atoms with van der Waals surface area (Å²) in [5, 5.41) is 2.37. The van der Waals surface area contributed by atoms with E-state index >= 15 is 0 Å². The SMILES string of the molecule is CC1(C)c2ccccc2N2c3c(cc(N(c4ccccc4)c4ccc5c(c4)C4(c6ccccc6-c6ccccc64)c4ccccc4-5)cc31)Oc1ccc3ccccc3c12. The van der Waals surface area contributed by atoms with E-state index in [1.54, 1.807) is 0 Å². The minimum Gasteiger partial charge on any atom is -0.453 e. The molecule has 2 aliphatic carbocycles. The zero-order valence-electron chi connectivity index (χ0n) is 32.8. The molecule has 0 amide bonds. The van der Waals surface area contributed by atoms with Crippen LogP contribution < -0.4 is 14.5 Å². The van der Waals surface area contributed by atoms with Gasteiger partial charge in [0.25, 0.3) is 0 Å². The number of nitrogens with zero attached hydrogens (tertiary/aromatic N) is 2. The Labute approximate surface area is 344 Å². The van der Waals surface area contributed by atoms with Crippen LogP contribution in [0, 0.1) is 0 Å². The van der Waals surface area contributed by atoms with Gasteiger partial charge in [0.05, 0.1) is 28.2 Å². The molecule has 0 saturated carbocycles. The molecule has 0 radical (unpaired) electrons. The van der Waals surface area contributed by atoms with Crippen LogP contribution >= 0.6 is 0 Å². The Morgan fingerprint density at radius 3 is 1.69 bits per heavy atom. The van der Waals surface area contributed by atoms with Gasteiger partial charge in [-0.2, -0.15) is 0 Å². The first-order valence-electron chi connectivity index (χ1n) is 20.6. The van der Waals surface area contributed by atoms with Crippen LogP contribution in [0.1, 0.15) is 47.2 Å². The van der Waals surface area contributed by atoms with Crippen LogP contribution in [0.15, 0.2) is 194 Å². The van der Waals surface area contributed by atoms with Gasteiger partial charge in [-0.05, 0) is 103 Å². The molecule has 9 aromatic carbocycles. The van der Waals surface area contributed by atoms with Crippen molar-refractivity contribution in [1.29, 1.82) is 0 Å². The lowest BCUT2D eigenvalue weighted by Crippen LogP contribution is -2.32. The van der Waals surface area contributed by atoms with Gasteiger partial charge < -0.3 is 14.5 Å². The van der Waals surface area contributed by atoms with E-state index in [9.17, 15) is 0 Å². The monoisotopic (exact) mass is 754 g/mol. The van der Waals surface area contributed by atoms with Crippen LogP contribution in [0.2, 0.25) is 0 Å². The van der Waals surface area contributed by atoms with E-state index in [1.807, 2.05) is 0 Å². The lowest BCUT2D eigenvalue weighted by atomic mass is 9.70. The molecular formula is C56H38N2O. The molecule has 3 heteroatoms. The number of hydrogen-bond acceptors (Lipinski definition) is 3. The summed E-state index contributed by atoms with van der Waals surface area (Å²) in [5.74, 6) is 1.71. The first kappa shape index (κ1) is 32.7. The molecule has 0 fully saturated rings. The summed E-state index contributed by atoms with van der Waals surface area (Å²) in [5.41, 5.74) is 18.9. The highest BCUT2D eigenvalue weighted by Crippen LogP contribution is 2.65. The maximum absolute atomic E-state index is 7.11. The molecule has 59 heavy (non-hydrogen) atoms. The van der Waals surface area contributed by atoms with E-state index in [4.69, 9.17) is 4.74 Å². The second-order valence-electron chi connectivity index (χ2n) is 16.8. The Kier molecular flexibility index (Phi) is 6.44. The summed E-state index contributed by atoms with van der Waals surface area (Å²) >= 11 is 0. The average molecular weight is 755 g/mol. The lowest BCUT2D eigenvalue weighted by Gasteiger charge is -2.45. The molecule has 1 spiro atoms. The van der Waals surface area contributed by atoms with Crippen molar-refractivity contribution in [2.24, 2.45) is 0 Å². The van der Waals surface area contributed by atoms with E-state index in [-0.39, 0.29) is 5.41 Å².